The van der Waals surface area contributed by atoms with Crippen molar-refractivity contribution in [2.45, 2.75) is 13.8 Å². The van der Waals surface area contributed by atoms with Gasteiger partial charge in [-0.05, 0) is 95.8 Å². The summed E-state index contributed by atoms with van der Waals surface area (Å²) in [4.78, 5) is 2.31. The summed E-state index contributed by atoms with van der Waals surface area (Å²) in [6.45, 7) is 12.6. The van der Waals surface area contributed by atoms with E-state index in [0.717, 1.165) is 73.1 Å². The van der Waals surface area contributed by atoms with Gasteiger partial charge < -0.3 is 9.47 Å². The van der Waals surface area contributed by atoms with E-state index < -0.39 is 0 Å². The third-order valence-electron chi connectivity index (χ3n) is 10.3. The molecule has 270 valence electrons. The minimum absolute atomic E-state index is 0.990. The molecule has 0 N–H and O–H groups in total. The van der Waals surface area contributed by atoms with E-state index in [-0.39, 0.29) is 0 Å². The van der Waals surface area contributed by atoms with Gasteiger partial charge in [-0.3, -0.25) is 0 Å². The van der Waals surface area contributed by atoms with Crippen LogP contribution in [0.15, 0.2) is 219 Å². The van der Waals surface area contributed by atoms with Crippen molar-refractivity contribution in [3.05, 3.63) is 236 Å². The largest absolute Gasteiger partial charge is 0.311 e. The van der Waals surface area contributed by atoms with Crippen LogP contribution in [0.25, 0.3) is 55.9 Å². The number of aromatic nitrogens is 1. The molecule has 0 fully saturated rings. The van der Waals surface area contributed by atoms with Crippen LogP contribution in [0.5, 0.6) is 0 Å². The van der Waals surface area contributed by atoms with Gasteiger partial charge in [0.1, 0.15) is 0 Å². The van der Waals surface area contributed by atoms with E-state index in [2.05, 4.69) is 231 Å². The molecule has 56 heavy (non-hydrogen) atoms. The predicted molar refractivity (Wildman–Crippen MR) is 240 cm³/mol. The molecule has 0 bridgehead atoms. The molecule has 0 aliphatic carbocycles. The van der Waals surface area contributed by atoms with E-state index in [1.807, 2.05) is 12.2 Å². The van der Waals surface area contributed by atoms with Crippen molar-refractivity contribution in [1.29, 1.82) is 0 Å². The van der Waals surface area contributed by atoms with Gasteiger partial charge in [-0.2, -0.15) is 0 Å². The Balaban J connectivity index is 1.28. The maximum absolute atomic E-state index is 4.30. The highest BCUT2D eigenvalue weighted by molar-refractivity contribution is 6.02. The summed E-state index contributed by atoms with van der Waals surface area (Å²) < 4.78 is 2.41. The lowest BCUT2D eigenvalue weighted by molar-refractivity contribution is 1.06. The fraction of sp³-hybridized carbons (Fsp3) is 0.0370. The van der Waals surface area contributed by atoms with Crippen LogP contribution in [0.4, 0.5) is 17.1 Å². The first-order chi connectivity index (χ1) is 27.5. The average Bonchev–Trinajstić information content (AvgIpc) is 3.61. The second-order valence-electron chi connectivity index (χ2n) is 14.0. The molecule has 8 aromatic rings. The first kappa shape index (κ1) is 35.8. The Hall–Kier alpha value is -7.16. The average molecular weight is 721 g/mol. The molecule has 0 atom stereocenters. The monoisotopic (exact) mass is 720 g/mol. The summed E-state index contributed by atoms with van der Waals surface area (Å²) >= 11 is 0. The zero-order chi connectivity index (χ0) is 38.4. The van der Waals surface area contributed by atoms with Gasteiger partial charge in [0.15, 0.2) is 0 Å². The van der Waals surface area contributed by atoms with E-state index in [1.165, 1.54) is 16.7 Å². The molecule has 7 aromatic carbocycles. The predicted octanol–water partition coefficient (Wildman–Crippen LogP) is 15.0. The molecule has 8 rings (SSSR count). The summed E-state index contributed by atoms with van der Waals surface area (Å²) in [5.74, 6) is 0. The summed E-state index contributed by atoms with van der Waals surface area (Å²) in [5.41, 5.74) is 18.1. The van der Waals surface area contributed by atoms with E-state index in [9.17, 15) is 0 Å². The van der Waals surface area contributed by atoms with E-state index in [0.29, 0.717) is 0 Å². The van der Waals surface area contributed by atoms with Crippen LogP contribution in [0.2, 0.25) is 0 Å². The van der Waals surface area contributed by atoms with Crippen molar-refractivity contribution in [3.63, 3.8) is 0 Å². The fourth-order valence-electron chi connectivity index (χ4n) is 7.56. The van der Waals surface area contributed by atoms with Gasteiger partial charge in [0.05, 0.1) is 11.4 Å². The third kappa shape index (κ3) is 7.09. The molecule has 0 aliphatic rings. The van der Waals surface area contributed by atoms with Crippen LogP contribution in [0.3, 0.4) is 0 Å². The molecule has 2 nitrogen and oxygen atoms in total. The summed E-state index contributed by atoms with van der Waals surface area (Å²) in [7, 11) is 0. The van der Waals surface area contributed by atoms with Crippen molar-refractivity contribution in [2.24, 2.45) is 0 Å². The second-order valence-corrected chi connectivity index (χ2v) is 14.0. The van der Waals surface area contributed by atoms with Crippen molar-refractivity contribution in [3.8, 4) is 50.3 Å². The quantitative estimate of drug-likeness (QED) is 0.121. The lowest BCUT2D eigenvalue weighted by atomic mass is 9.91. The Bertz CT molecular complexity index is 2570. The number of benzene rings is 7. The molecule has 0 aliphatic heterocycles. The van der Waals surface area contributed by atoms with E-state index in [4.69, 9.17) is 0 Å². The fourth-order valence-corrected chi connectivity index (χ4v) is 7.56. The molecule has 1 aromatic heterocycles. The van der Waals surface area contributed by atoms with Gasteiger partial charge in [-0.25, -0.2) is 0 Å². The van der Waals surface area contributed by atoms with Crippen LogP contribution in [0, 0.1) is 13.8 Å². The normalized spacial score (nSPS) is 11.3. The highest BCUT2D eigenvalue weighted by atomic mass is 15.1. The summed E-state index contributed by atoms with van der Waals surface area (Å²) in [6, 6.07) is 67.4. The maximum atomic E-state index is 4.30. The van der Waals surface area contributed by atoms with Crippen LogP contribution in [-0.4, -0.2) is 4.57 Å². The number of aryl methyl sites for hydroxylation is 2. The Morgan fingerprint density at radius 1 is 0.446 bits per heavy atom. The molecule has 1 heterocycles. The van der Waals surface area contributed by atoms with Gasteiger partial charge in [0.25, 0.3) is 0 Å². The van der Waals surface area contributed by atoms with Gasteiger partial charge in [0, 0.05) is 33.9 Å². The Kier molecular flexibility index (Phi) is 10.3. The molecular formula is C54H44N2. The molecule has 0 spiro atoms. The minimum Gasteiger partial charge on any atom is -0.311 e. The maximum Gasteiger partial charge on any atom is 0.0619 e. The van der Waals surface area contributed by atoms with Crippen molar-refractivity contribution in [1.82, 2.24) is 4.57 Å². The van der Waals surface area contributed by atoms with E-state index in [1.54, 1.807) is 0 Å². The zero-order valence-electron chi connectivity index (χ0n) is 31.9. The van der Waals surface area contributed by atoms with Crippen LogP contribution in [-0.2, 0) is 0 Å². The van der Waals surface area contributed by atoms with Crippen molar-refractivity contribution in [2.75, 3.05) is 4.90 Å². The molecule has 0 radical (unpaired) electrons. The SMILES string of the molecule is C=CC=C(C=C)c1c(-c2ccccc2)c(-c2ccccc2)c(-c2ccccc2)n1-c1ccc(-c2ccc(N(c3ccc(C)cc3)c3ccc(C)cc3)cc2)cc1. The van der Waals surface area contributed by atoms with Crippen LogP contribution < -0.4 is 4.90 Å². The molecular weight excluding hydrogens is 677 g/mol. The Morgan fingerprint density at radius 3 is 1.30 bits per heavy atom. The number of allylic oxidation sites excluding steroid dienone is 4. The van der Waals surface area contributed by atoms with Crippen LogP contribution >= 0.6 is 0 Å². The number of nitrogens with zero attached hydrogens (tertiary/aromatic N) is 2. The first-order valence-corrected chi connectivity index (χ1v) is 19.1. The molecule has 0 saturated carbocycles. The molecule has 0 amide bonds. The van der Waals surface area contributed by atoms with Gasteiger partial charge in [-0.15, -0.1) is 0 Å². The van der Waals surface area contributed by atoms with Gasteiger partial charge in [0.2, 0.25) is 0 Å². The van der Waals surface area contributed by atoms with E-state index >= 15 is 0 Å². The highest BCUT2D eigenvalue weighted by Gasteiger charge is 2.28. The van der Waals surface area contributed by atoms with Crippen molar-refractivity contribution < 1.29 is 0 Å². The zero-order valence-corrected chi connectivity index (χ0v) is 31.9. The molecule has 0 unspecified atom stereocenters. The Morgan fingerprint density at radius 2 is 0.857 bits per heavy atom. The number of rotatable bonds is 11. The van der Waals surface area contributed by atoms with Crippen LogP contribution in [0.1, 0.15) is 16.8 Å². The standard InChI is InChI=1S/C54H44N2/c1-5-16-41(6-2)53-51(44-17-10-7-11-18-44)52(45-19-12-8-13-20-45)54(46-21-14-9-15-22-46)56(53)50-37-29-43(30-38-50)42-27-35-49(36-28-42)55(47-31-23-39(3)24-32-47)48-33-25-40(4)26-34-48/h5-38H,1-2H2,3-4H3. The minimum atomic E-state index is 0.990. The molecule has 2 heteroatoms. The van der Waals surface area contributed by atoms with Gasteiger partial charge >= 0.3 is 0 Å². The van der Waals surface area contributed by atoms with Crippen molar-refractivity contribution >= 4 is 22.6 Å². The first-order valence-electron chi connectivity index (χ1n) is 19.1. The number of hydrogen-bond donors (Lipinski definition) is 0. The lowest BCUT2D eigenvalue weighted by Gasteiger charge is -2.26. The summed E-state index contributed by atoms with van der Waals surface area (Å²) in [6.07, 6.45) is 5.84. The Labute approximate surface area is 331 Å². The second kappa shape index (κ2) is 16.1. The third-order valence-corrected chi connectivity index (χ3v) is 10.3. The highest BCUT2D eigenvalue weighted by Crippen LogP contribution is 2.48. The number of anilines is 3. The molecule has 0 saturated heterocycles. The number of hydrogen-bond acceptors (Lipinski definition) is 1. The summed E-state index contributed by atoms with van der Waals surface area (Å²) in [5, 5.41) is 0. The lowest BCUT2D eigenvalue weighted by Crippen LogP contribution is -2.09. The topological polar surface area (TPSA) is 8.17 Å². The van der Waals surface area contributed by atoms with Gasteiger partial charge in [-0.1, -0.05) is 182 Å². The smallest absolute Gasteiger partial charge is 0.0619 e.